The Morgan fingerprint density at radius 1 is 1.33 bits per heavy atom. The Kier molecular flexibility index (Phi) is 5.66. The number of aromatic nitrogens is 3. The number of nitrogens with one attached hydrogen (secondary N) is 2. The number of halogens is 1. The number of carbonyl (C=O) groups is 1. The molecule has 0 aliphatic carbocycles. The Balaban J connectivity index is 1.73. The van der Waals surface area contributed by atoms with Gasteiger partial charge in [0.15, 0.2) is 0 Å². The van der Waals surface area contributed by atoms with E-state index in [2.05, 4.69) is 14.8 Å². The van der Waals surface area contributed by atoms with Crippen LogP contribution in [0.2, 0.25) is 5.02 Å². The van der Waals surface area contributed by atoms with E-state index in [0.29, 0.717) is 34.0 Å². The van der Waals surface area contributed by atoms with Gasteiger partial charge in [-0.05, 0) is 44.4 Å². The number of piperidine rings is 1. The van der Waals surface area contributed by atoms with Crippen LogP contribution in [0.5, 0.6) is 0 Å². The highest BCUT2D eigenvalue weighted by Crippen LogP contribution is 2.33. The fourth-order valence-electron chi connectivity index (χ4n) is 3.80. The quantitative estimate of drug-likeness (QED) is 0.642. The Labute approximate surface area is 180 Å². The van der Waals surface area contributed by atoms with Gasteiger partial charge in [-0.3, -0.25) is 9.59 Å². The Morgan fingerprint density at radius 2 is 2.13 bits per heavy atom. The summed E-state index contributed by atoms with van der Waals surface area (Å²) < 4.78 is 16.1. The average molecular weight is 448 g/mol. The molecule has 1 aliphatic rings. The molecule has 2 N–H and O–H groups in total. The number of carbonyl (C=O) groups excluding carboxylic acids is 1. The number of anilines is 1. The predicted octanol–water partition coefficient (Wildman–Crippen LogP) is 3.06. The first kappa shape index (κ1) is 20.6. The number of nitrogens with zero attached hydrogens (tertiary/aromatic N) is 3. The maximum absolute atomic E-state index is 13.5. The van der Waals surface area contributed by atoms with Crippen LogP contribution in [0.15, 0.2) is 35.3 Å². The number of rotatable bonds is 4. The molecule has 2 unspecified atom stereocenters. The predicted molar refractivity (Wildman–Crippen MR) is 117 cm³/mol. The van der Waals surface area contributed by atoms with Crippen LogP contribution in [-0.2, 0) is 11.0 Å². The van der Waals surface area contributed by atoms with Crippen molar-refractivity contribution in [3.63, 3.8) is 0 Å². The molecule has 1 saturated heterocycles. The minimum atomic E-state index is -1.33. The first-order valence-corrected chi connectivity index (χ1v) is 11.6. The van der Waals surface area contributed by atoms with Gasteiger partial charge < -0.3 is 14.6 Å². The number of hydrogen-bond acceptors (Lipinski definition) is 4. The number of H-pyrrole nitrogens is 1. The van der Waals surface area contributed by atoms with Crippen molar-refractivity contribution in [1.82, 2.24) is 19.5 Å². The number of aromatic amines is 1. The van der Waals surface area contributed by atoms with E-state index >= 15 is 0 Å². The van der Waals surface area contributed by atoms with Gasteiger partial charge in [0.25, 0.3) is 11.5 Å². The SMILES string of the molecule is Cc1cn2nc(C3CCCCN3C(=O)c3cc(Cl)ccc3NS(C)=O)cc2[nH]c1=O. The molecule has 0 saturated carbocycles. The van der Waals surface area contributed by atoms with Crippen molar-refractivity contribution in [2.24, 2.45) is 0 Å². The number of benzene rings is 1. The molecule has 4 rings (SSSR count). The Hall–Kier alpha value is -2.65. The normalized spacial score (nSPS) is 17.8. The second-order valence-electron chi connectivity index (χ2n) is 7.42. The summed E-state index contributed by atoms with van der Waals surface area (Å²) in [4.78, 5) is 30.0. The lowest BCUT2D eigenvalue weighted by Crippen LogP contribution is -2.39. The van der Waals surface area contributed by atoms with Crippen molar-refractivity contribution in [2.45, 2.75) is 32.2 Å². The topological polar surface area (TPSA) is 99.6 Å². The molecule has 158 valence electrons. The molecule has 1 fully saturated rings. The van der Waals surface area contributed by atoms with Gasteiger partial charge >= 0.3 is 0 Å². The molecular formula is C20H22ClN5O3S. The fraction of sp³-hybridized carbons (Fsp3) is 0.350. The van der Waals surface area contributed by atoms with Crippen LogP contribution in [0.25, 0.3) is 5.65 Å². The first-order chi connectivity index (χ1) is 14.3. The smallest absolute Gasteiger partial charge is 0.256 e. The molecule has 0 spiro atoms. The van der Waals surface area contributed by atoms with E-state index < -0.39 is 11.0 Å². The standard InChI is InChI=1S/C20H22ClN5O3S/c1-12-11-26-18(22-19(12)27)10-16(23-26)17-5-3-4-8-25(17)20(28)14-9-13(21)6-7-15(14)24-30(2)29/h6-7,9-11,17,24H,3-5,8H2,1-2H3,(H,22,27). The molecule has 2 atom stereocenters. The van der Waals surface area contributed by atoms with Crippen LogP contribution in [0.4, 0.5) is 5.69 Å². The summed E-state index contributed by atoms with van der Waals surface area (Å²) in [5.41, 5.74) is 2.57. The molecule has 1 amide bonds. The second kappa shape index (κ2) is 8.23. The van der Waals surface area contributed by atoms with Gasteiger partial charge in [0.05, 0.1) is 23.0 Å². The molecule has 30 heavy (non-hydrogen) atoms. The van der Waals surface area contributed by atoms with Crippen molar-refractivity contribution < 1.29 is 9.00 Å². The lowest BCUT2D eigenvalue weighted by molar-refractivity contribution is 0.0607. The van der Waals surface area contributed by atoms with Gasteiger partial charge in [-0.1, -0.05) is 11.6 Å². The molecule has 2 aromatic heterocycles. The summed E-state index contributed by atoms with van der Waals surface area (Å²) in [5.74, 6) is -0.197. The van der Waals surface area contributed by atoms with Crippen molar-refractivity contribution in [3.8, 4) is 0 Å². The van der Waals surface area contributed by atoms with Gasteiger partial charge in [0, 0.05) is 35.6 Å². The number of aryl methyl sites for hydroxylation is 1. The highest BCUT2D eigenvalue weighted by Gasteiger charge is 2.32. The summed E-state index contributed by atoms with van der Waals surface area (Å²) in [7, 11) is -1.33. The van der Waals surface area contributed by atoms with Crippen LogP contribution in [0.1, 0.15) is 46.9 Å². The maximum atomic E-state index is 13.5. The van der Waals surface area contributed by atoms with Crippen LogP contribution in [-0.4, -0.2) is 42.4 Å². The summed E-state index contributed by atoms with van der Waals surface area (Å²) in [6, 6.07) is 6.50. The van der Waals surface area contributed by atoms with Gasteiger partial charge in [-0.25, -0.2) is 8.72 Å². The molecule has 0 radical (unpaired) electrons. The molecule has 1 aliphatic heterocycles. The number of hydrogen-bond donors (Lipinski definition) is 2. The van der Waals surface area contributed by atoms with E-state index in [0.717, 1.165) is 25.0 Å². The second-order valence-corrected chi connectivity index (χ2v) is 8.97. The zero-order valence-electron chi connectivity index (χ0n) is 16.6. The third-order valence-corrected chi connectivity index (χ3v) is 5.98. The van der Waals surface area contributed by atoms with Crippen LogP contribution in [0, 0.1) is 6.92 Å². The molecule has 0 bridgehead atoms. The lowest BCUT2D eigenvalue weighted by Gasteiger charge is -2.35. The third kappa shape index (κ3) is 3.99. The summed E-state index contributed by atoms with van der Waals surface area (Å²) in [5, 5.41) is 5.05. The van der Waals surface area contributed by atoms with Gasteiger partial charge in [-0.15, -0.1) is 0 Å². The lowest BCUT2D eigenvalue weighted by atomic mass is 9.98. The number of amides is 1. The number of likely N-dealkylation sites (tertiary alicyclic amines) is 1. The zero-order chi connectivity index (χ0) is 21.4. The van der Waals surface area contributed by atoms with E-state index in [1.165, 1.54) is 6.26 Å². The largest absolute Gasteiger partial charge is 0.330 e. The van der Waals surface area contributed by atoms with E-state index in [4.69, 9.17) is 11.6 Å². The molecule has 10 heteroatoms. The fourth-order valence-corrected chi connectivity index (χ4v) is 4.46. The van der Waals surface area contributed by atoms with Crippen molar-refractivity contribution >= 4 is 39.8 Å². The van der Waals surface area contributed by atoms with Gasteiger partial charge in [0.1, 0.15) is 16.6 Å². The van der Waals surface area contributed by atoms with E-state index in [-0.39, 0.29) is 17.5 Å². The van der Waals surface area contributed by atoms with Gasteiger partial charge in [0.2, 0.25) is 0 Å². The summed E-state index contributed by atoms with van der Waals surface area (Å²) in [6.07, 6.45) is 5.81. The Morgan fingerprint density at radius 3 is 2.90 bits per heavy atom. The molecule has 3 aromatic rings. The molecular weight excluding hydrogens is 426 g/mol. The maximum Gasteiger partial charge on any atom is 0.256 e. The minimum absolute atomic E-state index is 0.160. The monoisotopic (exact) mass is 447 g/mol. The highest BCUT2D eigenvalue weighted by molar-refractivity contribution is 7.85. The average Bonchev–Trinajstić information content (AvgIpc) is 3.11. The molecule has 8 nitrogen and oxygen atoms in total. The van der Waals surface area contributed by atoms with Gasteiger partial charge in [-0.2, -0.15) is 5.10 Å². The highest BCUT2D eigenvalue weighted by atomic mass is 35.5. The molecule has 3 heterocycles. The summed E-state index contributed by atoms with van der Waals surface area (Å²) in [6.45, 7) is 2.30. The Bertz CT molecular complexity index is 1200. The molecule has 1 aromatic carbocycles. The van der Waals surface area contributed by atoms with E-state index in [1.807, 2.05) is 6.07 Å². The van der Waals surface area contributed by atoms with Crippen molar-refractivity contribution in [1.29, 1.82) is 0 Å². The van der Waals surface area contributed by atoms with Crippen molar-refractivity contribution in [2.75, 3.05) is 17.5 Å². The van der Waals surface area contributed by atoms with E-state index in [1.54, 1.807) is 40.7 Å². The van der Waals surface area contributed by atoms with Crippen molar-refractivity contribution in [3.05, 3.63) is 62.7 Å². The minimum Gasteiger partial charge on any atom is -0.330 e. The van der Waals surface area contributed by atoms with Crippen LogP contribution in [0.3, 0.4) is 0 Å². The van der Waals surface area contributed by atoms with Crippen LogP contribution >= 0.6 is 11.6 Å². The summed E-state index contributed by atoms with van der Waals surface area (Å²) >= 11 is 6.15. The number of fused-ring (bicyclic) bond motifs is 1. The van der Waals surface area contributed by atoms with E-state index in [9.17, 15) is 13.8 Å². The third-order valence-electron chi connectivity index (χ3n) is 5.24. The van der Waals surface area contributed by atoms with Crippen LogP contribution < -0.4 is 10.3 Å². The zero-order valence-corrected chi connectivity index (χ0v) is 18.2. The first-order valence-electron chi connectivity index (χ1n) is 9.63.